The zero-order valence-electron chi connectivity index (χ0n) is 16.0. The molecule has 6 nitrogen and oxygen atoms in total. The Labute approximate surface area is 164 Å². The van der Waals surface area contributed by atoms with Crippen LogP contribution in [0.25, 0.3) is 10.8 Å². The number of hydrogen-bond acceptors (Lipinski definition) is 5. The van der Waals surface area contributed by atoms with Crippen LogP contribution in [-0.4, -0.2) is 40.5 Å². The molecule has 144 valence electrons. The summed E-state index contributed by atoms with van der Waals surface area (Å²) in [7, 11) is 0. The molecule has 2 aromatic carbocycles. The Kier molecular flexibility index (Phi) is 5.21. The highest BCUT2D eigenvalue weighted by atomic mass is 16.6. The zero-order chi connectivity index (χ0) is 19.5. The van der Waals surface area contributed by atoms with Gasteiger partial charge < -0.3 is 4.90 Å². The molecule has 6 heteroatoms. The number of pyridine rings is 1. The molecule has 0 bridgehead atoms. The number of nitro groups is 1. The third-order valence-electron chi connectivity index (χ3n) is 5.64. The second kappa shape index (κ2) is 7.94. The van der Waals surface area contributed by atoms with Crippen molar-refractivity contribution < 1.29 is 4.92 Å². The Balaban J connectivity index is 1.59. The predicted octanol–water partition coefficient (Wildman–Crippen LogP) is 4.24. The fourth-order valence-electron chi connectivity index (χ4n) is 3.99. The van der Waals surface area contributed by atoms with Gasteiger partial charge in [-0.1, -0.05) is 30.3 Å². The van der Waals surface area contributed by atoms with Crippen LogP contribution < -0.4 is 4.90 Å². The van der Waals surface area contributed by atoms with Crippen LogP contribution in [0.5, 0.6) is 0 Å². The van der Waals surface area contributed by atoms with Gasteiger partial charge in [-0.25, -0.2) is 0 Å². The summed E-state index contributed by atoms with van der Waals surface area (Å²) >= 11 is 0. The summed E-state index contributed by atoms with van der Waals surface area (Å²) < 4.78 is 0. The maximum absolute atomic E-state index is 11.4. The minimum Gasteiger partial charge on any atom is -0.370 e. The van der Waals surface area contributed by atoms with Gasteiger partial charge in [-0.15, -0.1) is 0 Å². The topological polar surface area (TPSA) is 62.5 Å². The SMILES string of the molecule is CC1CCN(c2ccc([N+](=O)[O-])c3cnccc23)CCN1Cc1ccccc1. The van der Waals surface area contributed by atoms with Crippen molar-refractivity contribution in [2.24, 2.45) is 0 Å². The smallest absolute Gasteiger partial charge is 0.278 e. The van der Waals surface area contributed by atoms with E-state index >= 15 is 0 Å². The molecule has 28 heavy (non-hydrogen) atoms. The minimum absolute atomic E-state index is 0.112. The summed E-state index contributed by atoms with van der Waals surface area (Å²) in [5.74, 6) is 0. The molecule has 0 radical (unpaired) electrons. The molecule has 0 amide bonds. The highest BCUT2D eigenvalue weighted by Gasteiger charge is 2.23. The number of benzene rings is 2. The summed E-state index contributed by atoms with van der Waals surface area (Å²) in [4.78, 5) is 20.0. The van der Waals surface area contributed by atoms with Crippen LogP contribution in [0, 0.1) is 10.1 Å². The summed E-state index contributed by atoms with van der Waals surface area (Å²) in [6.45, 7) is 6.01. The van der Waals surface area contributed by atoms with E-state index in [2.05, 4.69) is 46.0 Å². The monoisotopic (exact) mass is 376 g/mol. The molecule has 3 aromatic rings. The van der Waals surface area contributed by atoms with Crippen molar-refractivity contribution in [1.82, 2.24) is 9.88 Å². The molecule has 1 atom stereocenters. The summed E-state index contributed by atoms with van der Waals surface area (Å²) in [5.41, 5.74) is 2.49. The number of fused-ring (bicyclic) bond motifs is 1. The lowest BCUT2D eigenvalue weighted by molar-refractivity contribution is -0.383. The van der Waals surface area contributed by atoms with Crippen molar-refractivity contribution in [3.63, 3.8) is 0 Å². The molecule has 0 saturated carbocycles. The van der Waals surface area contributed by atoms with Crippen molar-refractivity contribution in [2.75, 3.05) is 24.5 Å². The fraction of sp³-hybridized carbons (Fsp3) is 0.318. The number of aromatic nitrogens is 1. The van der Waals surface area contributed by atoms with Crippen LogP contribution in [0.1, 0.15) is 18.9 Å². The first kappa shape index (κ1) is 18.4. The van der Waals surface area contributed by atoms with Gasteiger partial charge in [0.05, 0.1) is 10.3 Å². The Morgan fingerprint density at radius 3 is 2.68 bits per heavy atom. The van der Waals surface area contributed by atoms with Crippen molar-refractivity contribution in [3.05, 3.63) is 76.6 Å². The van der Waals surface area contributed by atoms with E-state index in [4.69, 9.17) is 0 Å². The Morgan fingerprint density at radius 2 is 1.89 bits per heavy atom. The number of nitrogens with zero attached hydrogens (tertiary/aromatic N) is 4. The predicted molar refractivity (Wildman–Crippen MR) is 112 cm³/mol. The zero-order valence-corrected chi connectivity index (χ0v) is 16.0. The van der Waals surface area contributed by atoms with E-state index in [1.165, 1.54) is 5.56 Å². The first-order valence-electron chi connectivity index (χ1n) is 9.67. The maximum Gasteiger partial charge on any atom is 0.278 e. The number of non-ortho nitro benzene ring substituents is 1. The summed E-state index contributed by atoms with van der Waals surface area (Å²) in [6.07, 6.45) is 4.35. The van der Waals surface area contributed by atoms with Gasteiger partial charge in [0.1, 0.15) is 0 Å². The Morgan fingerprint density at radius 1 is 1.07 bits per heavy atom. The van der Waals surface area contributed by atoms with E-state index in [1.54, 1.807) is 18.5 Å². The quantitative estimate of drug-likeness (QED) is 0.503. The Hall–Kier alpha value is -2.99. The molecule has 2 heterocycles. The minimum atomic E-state index is -0.333. The van der Waals surface area contributed by atoms with Gasteiger partial charge in [0.15, 0.2) is 0 Å². The average Bonchev–Trinajstić information content (AvgIpc) is 2.90. The number of anilines is 1. The van der Waals surface area contributed by atoms with Gasteiger partial charge in [-0.3, -0.25) is 20.0 Å². The van der Waals surface area contributed by atoms with Gasteiger partial charge >= 0.3 is 0 Å². The van der Waals surface area contributed by atoms with Crippen molar-refractivity contribution in [2.45, 2.75) is 25.9 Å². The highest BCUT2D eigenvalue weighted by molar-refractivity contribution is 5.99. The first-order valence-corrected chi connectivity index (χ1v) is 9.67. The summed E-state index contributed by atoms with van der Waals surface area (Å²) in [5, 5.41) is 12.9. The number of nitro benzene ring substituents is 1. The second-order valence-electron chi connectivity index (χ2n) is 7.36. The molecule has 1 fully saturated rings. The molecular weight excluding hydrogens is 352 g/mol. The van der Waals surface area contributed by atoms with Crippen molar-refractivity contribution in [1.29, 1.82) is 0 Å². The Bertz CT molecular complexity index is 977. The average molecular weight is 376 g/mol. The molecule has 4 rings (SSSR count). The molecule has 0 N–H and O–H groups in total. The highest BCUT2D eigenvalue weighted by Crippen LogP contribution is 2.33. The van der Waals surface area contributed by atoms with Crippen LogP contribution in [0.15, 0.2) is 60.9 Å². The van der Waals surface area contributed by atoms with E-state index in [9.17, 15) is 10.1 Å². The molecule has 1 aliphatic rings. The van der Waals surface area contributed by atoms with Crippen LogP contribution in [-0.2, 0) is 6.54 Å². The van der Waals surface area contributed by atoms with Crippen molar-refractivity contribution >= 4 is 22.1 Å². The second-order valence-corrected chi connectivity index (χ2v) is 7.36. The molecule has 0 spiro atoms. The lowest BCUT2D eigenvalue weighted by Gasteiger charge is -2.26. The van der Waals surface area contributed by atoms with E-state index in [0.29, 0.717) is 11.4 Å². The summed E-state index contributed by atoms with van der Waals surface area (Å²) in [6, 6.07) is 16.4. The van der Waals surface area contributed by atoms with E-state index in [1.807, 2.05) is 18.2 Å². The molecule has 1 unspecified atom stereocenters. The first-order chi connectivity index (χ1) is 13.6. The van der Waals surface area contributed by atoms with Crippen LogP contribution in [0.4, 0.5) is 11.4 Å². The van der Waals surface area contributed by atoms with E-state index in [-0.39, 0.29) is 10.6 Å². The van der Waals surface area contributed by atoms with Crippen LogP contribution >= 0.6 is 0 Å². The lowest BCUT2D eigenvalue weighted by atomic mass is 10.1. The molecule has 1 aromatic heterocycles. The van der Waals surface area contributed by atoms with E-state index < -0.39 is 0 Å². The van der Waals surface area contributed by atoms with Gasteiger partial charge in [-0.05, 0) is 31.0 Å². The fourth-order valence-corrected chi connectivity index (χ4v) is 3.99. The van der Waals surface area contributed by atoms with Gasteiger partial charge in [0.2, 0.25) is 0 Å². The van der Waals surface area contributed by atoms with Crippen LogP contribution in [0.2, 0.25) is 0 Å². The maximum atomic E-state index is 11.4. The van der Waals surface area contributed by atoms with E-state index in [0.717, 1.165) is 43.7 Å². The molecule has 0 aliphatic carbocycles. The molecule has 1 saturated heterocycles. The molecule has 1 aliphatic heterocycles. The number of hydrogen-bond donors (Lipinski definition) is 0. The largest absolute Gasteiger partial charge is 0.370 e. The standard InChI is InChI=1S/C22H24N4O2/c1-17-10-12-24(13-14-25(17)16-18-5-3-2-4-6-18)21-7-8-22(26(27)28)20-15-23-11-9-19(20)21/h2-9,11,15,17H,10,12-14,16H2,1H3. The van der Waals surface area contributed by atoms with Gasteiger partial charge in [-0.2, -0.15) is 0 Å². The number of rotatable bonds is 4. The molecular formula is C22H24N4O2. The third-order valence-corrected chi connectivity index (χ3v) is 5.64. The van der Waals surface area contributed by atoms with Gasteiger partial charge in [0.25, 0.3) is 5.69 Å². The third kappa shape index (κ3) is 3.68. The van der Waals surface area contributed by atoms with Crippen LogP contribution in [0.3, 0.4) is 0 Å². The van der Waals surface area contributed by atoms with Gasteiger partial charge in [0, 0.05) is 61.8 Å². The normalized spacial score (nSPS) is 18.2. The van der Waals surface area contributed by atoms with Crippen molar-refractivity contribution in [3.8, 4) is 0 Å². The lowest BCUT2D eigenvalue weighted by Crippen LogP contribution is -2.34.